The Labute approximate surface area is 119 Å². The first-order valence-corrected chi connectivity index (χ1v) is 7.50. The number of rotatable bonds is 5. The topological polar surface area (TPSA) is 74.8 Å². The van der Waals surface area contributed by atoms with E-state index in [1.165, 1.54) is 12.4 Å². The predicted octanol–water partition coefficient (Wildman–Crippen LogP) is 2.26. The van der Waals surface area contributed by atoms with E-state index in [-0.39, 0.29) is 0 Å². The molecule has 0 radical (unpaired) electrons. The van der Waals surface area contributed by atoms with Crippen molar-refractivity contribution in [2.24, 2.45) is 0 Å². The summed E-state index contributed by atoms with van der Waals surface area (Å²) in [5.74, 6) is -4.70. The molecule has 0 saturated heterocycles. The Morgan fingerprint density at radius 2 is 2.00 bits per heavy atom. The number of hydrogen-bond acceptors (Lipinski definition) is 3. The Morgan fingerprint density at radius 3 is 2.57 bits per heavy atom. The first-order chi connectivity index (χ1) is 9.86. The van der Waals surface area contributed by atoms with Crippen LogP contribution in [0.1, 0.15) is 25.2 Å². The molecule has 1 unspecified atom stereocenters. The zero-order valence-electron chi connectivity index (χ0n) is 10.9. The van der Waals surface area contributed by atoms with E-state index in [2.05, 4.69) is 14.7 Å². The third-order valence-corrected chi connectivity index (χ3v) is 4.33. The van der Waals surface area contributed by atoms with Crippen molar-refractivity contribution in [1.29, 1.82) is 0 Å². The predicted molar refractivity (Wildman–Crippen MR) is 68.3 cm³/mol. The average molecular weight is 319 g/mol. The Morgan fingerprint density at radius 1 is 1.29 bits per heavy atom. The fourth-order valence-electron chi connectivity index (χ4n) is 1.77. The number of nitrogens with one attached hydrogen (secondary N) is 2. The molecule has 0 fully saturated rings. The van der Waals surface area contributed by atoms with Crippen LogP contribution in [-0.4, -0.2) is 18.4 Å². The highest BCUT2D eigenvalue weighted by Crippen LogP contribution is 2.22. The van der Waals surface area contributed by atoms with Crippen molar-refractivity contribution < 1.29 is 21.6 Å². The summed E-state index contributed by atoms with van der Waals surface area (Å²) in [6.07, 6.45) is 3.27. The number of benzene rings is 1. The normalized spacial score (nSPS) is 13.3. The van der Waals surface area contributed by atoms with Crippen molar-refractivity contribution in [2.45, 2.75) is 24.3 Å². The number of hydrogen-bond donors (Lipinski definition) is 2. The molecule has 114 valence electrons. The number of sulfonamides is 1. The van der Waals surface area contributed by atoms with Crippen molar-refractivity contribution >= 4 is 10.0 Å². The molecule has 1 aromatic heterocycles. The number of halogens is 3. The Balaban J connectivity index is 2.37. The van der Waals surface area contributed by atoms with Crippen molar-refractivity contribution in [3.8, 4) is 0 Å². The molecular weight excluding hydrogens is 307 g/mol. The van der Waals surface area contributed by atoms with Gasteiger partial charge in [-0.05, 0) is 18.6 Å². The summed E-state index contributed by atoms with van der Waals surface area (Å²) in [5, 5.41) is 0. The summed E-state index contributed by atoms with van der Waals surface area (Å²) in [7, 11) is -4.36. The summed E-state index contributed by atoms with van der Waals surface area (Å²) in [5.41, 5.74) is 0. The third kappa shape index (κ3) is 3.08. The Kier molecular flexibility index (Phi) is 4.33. The quantitative estimate of drug-likeness (QED) is 0.830. The highest BCUT2D eigenvalue weighted by atomic mass is 32.2. The van der Waals surface area contributed by atoms with E-state index < -0.39 is 38.4 Å². The van der Waals surface area contributed by atoms with Crippen LogP contribution in [0.5, 0.6) is 0 Å². The van der Waals surface area contributed by atoms with Crippen LogP contribution in [-0.2, 0) is 10.0 Å². The molecular formula is C12H12F3N3O2S. The van der Waals surface area contributed by atoms with Gasteiger partial charge in [-0.3, -0.25) is 0 Å². The third-order valence-electron chi connectivity index (χ3n) is 2.84. The minimum Gasteiger partial charge on any atom is -0.347 e. The molecule has 0 saturated carbocycles. The van der Waals surface area contributed by atoms with Gasteiger partial charge in [0.25, 0.3) is 0 Å². The number of H-pyrrole nitrogens is 1. The van der Waals surface area contributed by atoms with Gasteiger partial charge in [-0.1, -0.05) is 6.92 Å². The standard InChI is InChI=1S/C12H12F3N3O2S/c1-2-8(12-16-5-6-17-12)18-21(19,20)9-4-3-7(13)10(14)11(9)15/h3-6,8,18H,2H2,1H3,(H,16,17). The van der Waals surface area contributed by atoms with Gasteiger partial charge in [0, 0.05) is 12.4 Å². The van der Waals surface area contributed by atoms with Crippen LogP contribution in [0.15, 0.2) is 29.4 Å². The molecule has 1 atom stereocenters. The molecule has 21 heavy (non-hydrogen) atoms. The minimum atomic E-state index is -4.36. The van der Waals surface area contributed by atoms with Crippen LogP contribution < -0.4 is 4.72 Å². The van der Waals surface area contributed by atoms with E-state index in [1.54, 1.807) is 6.92 Å². The molecule has 2 aromatic rings. The maximum atomic E-state index is 13.6. The van der Waals surface area contributed by atoms with Crippen molar-refractivity contribution in [3.05, 3.63) is 47.8 Å². The van der Waals surface area contributed by atoms with E-state index >= 15 is 0 Å². The zero-order valence-corrected chi connectivity index (χ0v) is 11.7. The van der Waals surface area contributed by atoms with E-state index in [0.29, 0.717) is 24.4 Å². The molecule has 1 heterocycles. The van der Waals surface area contributed by atoms with Crippen LogP contribution in [0.3, 0.4) is 0 Å². The molecule has 9 heteroatoms. The number of nitrogens with zero attached hydrogens (tertiary/aromatic N) is 1. The molecule has 2 N–H and O–H groups in total. The molecule has 0 aliphatic carbocycles. The van der Waals surface area contributed by atoms with Crippen LogP contribution in [0.4, 0.5) is 13.2 Å². The van der Waals surface area contributed by atoms with Crippen molar-refractivity contribution in [1.82, 2.24) is 14.7 Å². The maximum absolute atomic E-state index is 13.6. The second-order valence-electron chi connectivity index (χ2n) is 4.23. The van der Waals surface area contributed by atoms with Gasteiger partial charge in [0.2, 0.25) is 10.0 Å². The lowest BCUT2D eigenvalue weighted by molar-refractivity contribution is 0.430. The summed E-state index contributed by atoms with van der Waals surface area (Å²) in [4.78, 5) is 5.69. The second-order valence-corrected chi connectivity index (χ2v) is 5.91. The molecule has 5 nitrogen and oxygen atoms in total. The van der Waals surface area contributed by atoms with Gasteiger partial charge in [0.05, 0.1) is 6.04 Å². The highest BCUT2D eigenvalue weighted by Gasteiger charge is 2.27. The van der Waals surface area contributed by atoms with Gasteiger partial charge >= 0.3 is 0 Å². The molecule has 0 aliphatic heterocycles. The van der Waals surface area contributed by atoms with Gasteiger partial charge in [0.1, 0.15) is 10.7 Å². The van der Waals surface area contributed by atoms with Crippen LogP contribution in [0, 0.1) is 17.5 Å². The zero-order chi connectivity index (χ0) is 15.6. The minimum absolute atomic E-state index is 0.331. The Bertz CT molecular complexity index is 732. The van der Waals surface area contributed by atoms with Gasteiger partial charge in [-0.25, -0.2) is 31.3 Å². The number of imidazole rings is 1. The number of aromatic amines is 1. The van der Waals surface area contributed by atoms with Gasteiger partial charge in [-0.2, -0.15) is 0 Å². The van der Waals surface area contributed by atoms with Crippen LogP contribution in [0.25, 0.3) is 0 Å². The number of aromatic nitrogens is 2. The fraction of sp³-hybridized carbons (Fsp3) is 0.250. The molecule has 0 spiro atoms. The van der Waals surface area contributed by atoms with E-state index in [1.807, 2.05) is 0 Å². The summed E-state index contributed by atoms with van der Waals surface area (Å²) in [6, 6.07) is 0.490. The second kappa shape index (κ2) is 5.86. The highest BCUT2D eigenvalue weighted by molar-refractivity contribution is 7.89. The van der Waals surface area contributed by atoms with Gasteiger partial charge in [-0.15, -0.1) is 0 Å². The SMILES string of the molecule is CCC(NS(=O)(=O)c1ccc(F)c(F)c1F)c1ncc[nH]1. The van der Waals surface area contributed by atoms with Crippen molar-refractivity contribution in [3.63, 3.8) is 0 Å². The summed E-state index contributed by atoms with van der Waals surface area (Å²) < 4.78 is 66.0. The molecule has 2 rings (SSSR count). The van der Waals surface area contributed by atoms with E-state index in [9.17, 15) is 21.6 Å². The average Bonchev–Trinajstić information content (AvgIpc) is 2.96. The first-order valence-electron chi connectivity index (χ1n) is 6.02. The fourth-order valence-corrected chi connectivity index (χ4v) is 3.12. The largest absolute Gasteiger partial charge is 0.347 e. The molecule has 1 aromatic carbocycles. The van der Waals surface area contributed by atoms with E-state index in [0.717, 1.165) is 0 Å². The van der Waals surface area contributed by atoms with Crippen molar-refractivity contribution in [2.75, 3.05) is 0 Å². The van der Waals surface area contributed by atoms with Crippen LogP contribution in [0.2, 0.25) is 0 Å². The lowest BCUT2D eigenvalue weighted by Gasteiger charge is -2.15. The van der Waals surface area contributed by atoms with Gasteiger partial charge in [0.15, 0.2) is 17.5 Å². The molecule has 0 amide bonds. The maximum Gasteiger partial charge on any atom is 0.244 e. The van der Waals surface area contributed by atoms with Gasteiger partial charge < -0.3 is 4.98 Å². The monoisotopic (exact) mass is 319 g/mol. The Hall–Kier alpha value is -1.87. The lowest BCUT2D eigenvalue weighted by atomic mass is 10.2. The lowest BCUT2D eigenvalue weighted by Crippen LogP contribution is -2.30. The van der Waals surface area contributed by atoms with Crippen LogP contribution >= 0.6 is 0 Å². The molecule has 0 aliphatic rings. The smallest absolute Gasteiger partial charge is 0.244 e. The summed E-state index contributed by atoms with van der Waals surface area (Å²) >= 11 is 0. The van der Waals surface area contributed by atoms with E-state index in [4.69, 9.17) is 0 Å². The first kappa shape index (κ1) is 15.5. The summed E-state index contributed by atoms with van der Waals surface area (Å²) in [6.45, 7) is 1.69. The molecule has 0 bridgehead atoms.